The fourth-order valence-corrected chi connectivity index (χ4v) is 3.46. The van der Waals surface area contributed by atoms with Gasteiger partial charge in [-0.25, -0.2) is 9.67 Å². The molecule has 3 rings (SSSR count). The van der Waals surface area contributed by atoms with Crippen molar-refractivity contribution in [3.8, 4) is 0 Å². The van der Waals surface area contributed by atoms with Crippen LogP contribution in [0, 0.1) is 13.8 Å². The third kappa shape index (κ3) is 4.71. The number of benzene rings is 1. The molecule has 2 N–H and O–H groups in total. The van der Waals surface area contributed by atoms with Crippen molar-refractivity contribution in [3.05, 3.63) is 47.5 Å². The summed E-state index contributed by atoms with van der Waals surface area (Å²) in [6.07, 6.45) is 0.327. The molecule has 0 bridgehead atoms. The third-order valence-electron chi connectivity index (χ3n) is 4.90. The highest BCUT2D eigenvalue weighted by Crippen LogP contribution is 2.15. The Bertz CT molecular complexity index is 804. The molecule has 1 atom stereocenters. The van der Waals surface area contributed by atoms with Crippen molar-refractivity contribution in [2.45, 2.75) is 39.4 Å². The Morgan fingerprint density at radius 3 is 2.56 bits per heavy atom. The number of primary amides is 1. The number of hydrogen-bond donors (Lipinski definition) is 1. The van der Waals surface area contributed by atoms with Crippen LogP contribution in [0.4, 0.5) is 0 Å². The molecule has 1 saturated heterocycles. The summed E-state index contributed by atoms with van der Waals surface area (Å²) in [7, 11) is 0. The van der Waals surface area contributed by atoms with Gasteiger partial charge >= 0.3 is 0 Å². The summed E-state index contributed by atoms with van der Waals surface area (Å²) >= 11 is 0. The standard InChI is InChI=1S/C19H26N6O2/c1-14-21-15(2)25(22-14)9-8-18(26)24-11-10-23(17(13-24)19(20)27)12-16-6-4-3-5-7-16/h3-7,17H,8-13H2,1-2H3,(H2,20,27)/t17-/m0/s1. The Morgan fingerprint density at radius 2 is 1.93 bits per heavy atom. The van der Waals surface area contributed by atoms with E-state index in [2.05, 4.69) is 10.1 Å². The smallest absolute Gasteiger partial charge is 0.236 e. The molecule has 0 aliphatic carbocycles. The van der Waals surface area contributed by atoms with E-state index in [-0.39, 0.29) is 5.91 Å². The average molecular weight is 370 g/mol. The van der Waals surface area contributed by atoms with Crippen molar-refractivity contribution in [1.82, 2.24) is 24.6 Å². The molecule has 1 aliphatic heterocycles. The highest BCUT2D eigenvalue weighted by molar-refractivity contribution is 5.82. The predicted octanol–water partition coefficient (Wildman–Crippen LogP) is 0.483. The maximum Gasteiger partial charge on any atom is 0.236 e. The molecule has 1 aliphatic rings. The Hall–Kier alpha value is -2.74. The quantitative estimate of drug-likeness (QED) is 0.798. The zero-order valence-corrected chi connectivity index (χ0v) is 15.8. The lowest BCUT2D eigenvalue weighted by atomic mass is 10.1. The molecular formula is C19H26N6O2. The Morgan fingerprint density at radius 1 is 1.19 bits per heavy atom. The van der Waals surface area contributed by atoms with Crippen molar-refractivity contribution in [3.63, 3.8) is 0 Å². The van der Waals surface area contributed by atoms with E-state index in [0.717, 1.165) is 11.4 Å². The molecule has 1 aromatic heterocycles. The van der Waals surface area contributed by atoms with Crippen molar-refractivity contribution in [2.75, 3.05) is 19.6 Å². The largest absolute Gasteiger partial charge is 0.368 e. The molecule has 0 saturated carbocycles. The second kappa shape index (κ2) is 8.30. The summed E-state index contributed by atoms with van der Waals surface area (Å²) in [5, 5.41) is 4.28. The van der Waals surface area contributed by atoms with Gasteiger partial charge in [0.2, 0.25) is 11.8 Å². The molecule has 2 amide bonds. The summed E-state index contributed by atoms with van der Waals surface area (Å²) in [5.41, 5.74) is 6.75. The molecule has 1 aromatic carbocycles. The number of hydrogen-bond acceptors (Lipinski definition) is 5. The summed E-state index contributed by atoms with van der Waals surface area (Å²) in [6, 6.07) is 9.49. The van der Waals surface area contributed by atoms with Crippen LogP contribution in [0.1, 0.15) is 23.6 Å². The normalized spacial score (nSPS) is 17.9. The molecule has 1 fully saturated rings. The van der Waals surface area contributed by atoms with Gasteiger partial charge in [-0.15, -0.1) is 0 Å². The van der Waals surface area contributed by atoms with Crippen LogP contribution < -0.4 is 5.73 Å². The van der Waals surface area contributed by atoms with Crippen LogP contribution in [0.25, 0.3) is 0 Å². The number of amides is 2. The van der Waals surface area contributed by atoms with Crippen LogP contribution in [-0.2, 0) is 22.7 Å². The summed E-state index contributed by atoms with van der Waals surface area (Å²) in [6.45, 7) is 6.37. The van der Waals surface area contributed by atoms with E-state index < -0.39 is 11.9 Å². The number of piperazine rings is 1. The molecular weight excluding hydrogens is 344 g/mol. The highest BCUT2D eigenvalue weighted by atomic mass is 16.2. The number of nitrogens with two attached hydrogens (primary N) is 1. The lowest BCUT2D eigenvalue weighted by Gasteiger charge is -2.40. The van der Waals surface area contributed by atoms with Crippen LogP contribution in [0.3, 0.4) is 0 Å². The van der Waals surface area contributed by atoms with Crippen LogP contribution in [0.2, 0.25) is 0 Å². The van der Waals surface area contributed by atoms with Gasteiger partial charge in [-0.1, -0.05) is 30.3 Å². The second-order valence-corrected chi connectivity index (χ2v) is 6.89. The van der Waals surface area contributed by atoms with Gasteiger partial charge in [0.15, 0.2) is 0 Å². The van der Waals surface area contributed by atoms with E-state index in [1.807, 2.05) is 49.1 Å². The highest BCUT2D eigenvalue weighted by Gasteiger charge is 2.32. The van der Waals surface area contributed by atoms with E-state index in [4.69, 9.17) is 5.73 Å². The van der Waals surface area contributed by atoms with Crippen molar-refractivity contribution in [2.24, 2.45) is 5.73 Å². The van der Waals surface area contributed by atoms with Crippen molar-refractivity contribution in [1.29, 1.82) is 0 Å². The minimum Gasteiger partial charge on any atom is -0.368 e. The van der Waals surface area contributed by atoms with Crippen LogP contribution in [-0.4, -0.2) is 62.1 Å². The SMILES string of the molecule is Cc1nc(C)n(CCC(=O)N2CCN(Cc3ccccc3)[C@H](C(N)=O)C2)n1. The Labute approximate surface area is 159 Å². The predicted molar refractivity (Wildman–Crippen MR) is 101 cm³/mol. The molecule has 144 valence electrons. The first kappa shape index (κ1) is 19.0. The van der Waals surface area contributed by atoms with E-state index in [1.54, 1.807) is 9.58 Å². The lowest BCUT2D eigenvalue weighted by molar-refractivity contribution is -0.137. The van der Waals surface area contributed by atoms with Gasteiger partial charge in [-0.3, -0.25) is 14.5 Å². The number of aromatic nitrogens is 3. The Balaban J connectivity index is 1.59. The van der Waals surface area contributed by atoms with E-state index in [0.29, 0.717) is 45.0 Å². The molecule has 0 radical (unpaired) electrons. The number of carbonyl (C=O) groups excluding carboxylic acids is 2. The number of nitrogens with zero attached hydrogens (tertiary/aromatic N) is 5. The molecule has 8 nitrogen and oxygen atoms in total. The minimum atomic E-state index is -0.474. The van der Waals surface area contributed by atoms with E-state index >= 15 is 0 Å². The maximum absolute atomic E-state index is 12.6. The van der Waals surface area contributed by atoms with Gasteiger partial charge in [-0.05, 0) is 19.4 Å². The molecule has 0 spiro atoms. The average Bonchev–Trinajstić information content (AvgIpc) is 2.98. The minimum absolute atomic E-state index is 0.00756. The molecule has 2 aromatic rings. The summed E-state index contributed by atoms with van der Waals surface area (Å²) in [4.78, 5) is 32.6. The fraction of sp³-hybridized carbons (Fsp3) is 0.474. The fourth-order valence-electron chi connectivity index (χ4n) is 3.46. The number of carbonyl (C=O) groups is 2. The van der Waals surface area contributed by atoms with Gasteiger partial charge in [0.1, 0.15) is 17.7 Å². The molecule has 2 heterocycles. The third-order valence-corrected chi connectivity index (χ3v) is 4.90. The van der Waals surface area contributed by atoms with Gasteiger partial charge in [0, 0.05) is 32.6 Å². The topological polar surface area (TPSA) is 97.4 Å². The molecule has 8 heteroatoms. The summed E-state index contributed by atoms with van der Waals surface area (Å²) < 4.78 is 1.74. The summed E-state index contributed by atoms with van der Waals surface area (Å²) in [5.74, 6) is 1.10. The Kier molecular flexibility index (Phi) is 5.85. The van der Waals surface area contributed by atoms with Crippen LogP contribution in [0.15, 0.2) is 30.3 Å². The number of aryl methyl sites for hydroxylation is 3. The second-order valence-electron chi connectivity index (χ2n) is 6.89. The first-order chi connectivity index (χ1) is 12.9. The van der Waals surface area contributed by atoms with Crippen molar-refractivity contribution < 1.29 is 9.59 Å². The zero-order chi connectivity index (χ0) is 19.4. The van der Waals surface area contributed by atoms with Gasteiger partial charge in [0.05, 0.1) is 6.54 Å². The molecule has 27 heavy (non-hydrogen) atoms. The van der Waals surface area contributed by atoms with E-state index in [9.17, 15) is 9.59 Å². The maximum atomic E-state index is 12.6. The lowest BCUT2D eigenvalue weighted by Crippen LogP contribution is -2.58. The van der Waals surface area contributed by atoms with Crippen LogP contribution in [0.5, 0.6) is 0 Å². The van der Waals surface area contributed by atoms with Gasteiger partial charge in [-0.2, -0.15) is 5.10 Å². The number of rotatable bonds is 6. The molecule has 0 unspecified atom stereocenters. The monoisotopic (exact) mass is 370 g/mol. The zero-order valence-electron chi connectivity index (χ0n) is 15.8. The van der Waals surface area contributed by atoms with E-state index in [1.165, 1.54) is 0 Å². The van der Waals surface area contributed by atoms with Gasteiger partial charge < -0.3 is 10.6 Å². The van der Waals surface area contributed by atoms with Crippen LogP contribution >= 0.6 is 0 Å². The van der Waals surface area contributed by atoms with Gasteiger partial charge in [0.25, 0.3) is 0 Å². The first-order valence-corrected chi connectivity index (χ1v) is 9.17. The first-order valence-electron chi connectivity index (χ1n) is 9.17. The van der Waals surface area contributed by atoms with Crippen molar-refractivity contribution >= 4 is 11.8 Å².